The van der Waals surface area contributed by atoms with E-state index in [1.54, 1.807) is 0 Å². The molecule has 1 unspecified atom stereocenters. The number of hydrogen-bond donors (Lipinski definition) is 2. The lowest BCUT2D eigenvalue weighted by molar-refractivity contribution is -0.128. The monoisotopic (exact) mass is 225 g/mol. The average Bonchev–Trinajstić information content (AvgIpc) is 2.61. The maximum Gasteiger partial charge on any atom is 0.248 e. The van der Waals surface area contributed by atoms with E-state index in [-0.39, 0.29) is 11.3 Å². The molecule has 0 spiro atoms. The van der Waals surface area contributed by atoms with Crippen LogP contribution in [0.3, 0.4) is 0 Å². The molecule has 0 aromatic carbocycles. The number of carbonyl (C=O) groups excluding carboxylic acids is 1. The Hall–Kier alpha value is -1.29. The minimum absolute atomic E-state index is 0.279. The van der Waals surface area contributed by atoms with Crippen molar-refractivity contribution in [1.29, 1.82) is 0 Å². The Bertz CT molecular complexity index is 366. The Morgan fingerprint density at radius 1 is 1.56 bits per heavy atom. The van der Waals surface area contributed by atoms with Gasteiger partial charge in [-0.05, 0) is 26.0 Å². The predicted octanol–water partition coefficient (Wildman–Crippen LogP) is 1.36. The summed E-state index contributed by atoms with van der Waals surface area (Å²) in [6, 6.07) is 3.80. The number of aryl methyl sites for hydroxylation is 1. The predicted molar refractivity (Wildman–Crippen MR) is 61.2 cm³/mol. The van der Waals surface area contributed by atoms with E-state index in [2.05, 4.69) is 5.32 Å². The molecule has 0 bridgehead atoms. The van der Waals surface area contributed by atoms with Crippen LogP contribution in [0.4, 0.5) is 0 Å². The molecule has 16 heavy (non-hydrogen) atoms. The van der Waals surface area contributed by atoms with Crippen LogP contribution >= 0.6 is 0 Å². The maximum absolute atomic E-state index is 11.2. The standard InChI is InChI=1S/C12H19NO3/c1-8-5-6-10(16-8)12(3,4)7-13-11(15)9(2)14/h5-6,9,14H,7H2,1-4H3,(H,13,15). The van der Waals surface area contributed by atoms with Crippen LogP contribution in [-0.4, -0.2) is 23.7 Å². The molecule has 1 atom stereocenters. The van der Waals surface area contributed by atoms with Gasteiger partial charge in [-0.25, -0.2) is 0 Å². The Kier molecular flexibility index (Phi) is 3.75. The highest BCUT2D eigenvalue weighted by Gasteiger charge is 2.25. The molecule has 0 aliphatic rings. The Morgan fingerprint density at radius 2 is 2.19 bits per heavy atom. The minimum Gasteiger partial charge on any atom is -0.466 e. The second-order valence-electron chi connectivity index (χ2n) is 4.69. The van der Waals surface area contributed by atoms with Crippen LogP contribution in [0, 0.1) is 6.92 Å². The summed E-state index contributed by atoms with van der Waals surface area (Å²) in [7, 11) is 0. The van der Waals surface area contributed by atoms with Gasteiger partial charge in [-0.2, -0.15) is 0 Å². The summed E-state index contributed by atoms with van der Waals surface area (Å²) >= 11 is 0. The second kappa shape index (κ2) is 4.70. The maximum atomic E-state index is 11.2. The highest BCUT2D eigenvalue weighted by molar-refractivity contribution is 5.80. The molecule has 1 heterocycles. The Morgan fingerprint density at radius 3 is 2.62 bits per heavy atom. The number of carbonyl (C=O) groups is 1. The first-order valence-electron chi connectivity index (χ1n) is 5.35. The van der Waals surface area contributed by atoms with Crippen molar-refractivity contribution in [3.05, 3.63) is 23.7 Å². The van der Waals surface area contributed by atoms with Crippen LogP contribution in [0.5, 0.6) is 0 Å². The zero-order valence-electron chi connectivity index (χ0n) is 10.2. The molecule has 0 fully saturated rings. The quantitative estimate of drug-likeness (QED) is 0.813. The molecule has 1 amide bonds. The fraction of sp³-hybridized carbons (Fsp3) is 0.583. The van der Waals surface area contributed by atoms with Gasteiger partial charge in [0.15, 0.2) is 0 Å². The van der Waals surface area contributed by atoms with Gasteiger partial charge in [-0.1, -0.05) is 13.8 Å². The third-order valence-corrected chi connectivity index (χ3v) is 2.49. The molecule has 0 saturated heterocycles. The molecular weight excluding hydrogens is 206 g/mol. The van der Waals surface area contributed by atoms with Crippen LogP contribution in [0.25, 0.3) is 0 Å². The number of rotatable bonds is 4. The lowest BCUT2D eigenvalue weighted by Crippen LogP contribution is -2.40. The number of furan rings is 1. The Balaban J connectivity index is 2.62. The molecule has 0 aliphatic heterocycles. The summed E-state index contributed by atoms with van der Waals surface area (Å²) < 4.78 is 5.53. The molecule has 1 aromatic heterocycles. The molecule has 90 valence electrons. The van der Waals surface area contributed by atoms with Crippen molar-refractivity contribution in [2.45, 2.75) is 39.2 Å². The zero-order chi connectivity index (χ0) is 12.3. The topological polar surface area (TPSA) is 62.5 Å². The van der Waals surface area contributed by atoms with Crippen molar-refractivity contribution in [2.24, 2.45) is 0 Å². The molecule has 4 nitrogen and oxygen atoms in total. The van der Waals surface area contributed by atoms with Crippen LogP contribution in [0.15, 0.2) is 16.5 Å². The van der Waals surface area contributed by atoms with E-state index in [4.69, 9.17) is 9.52 Å². The van der Waals surface area contributed by atoms with Crippen molar-refractivity contribution in [1.82, 2.24) is 5.32 Å². The van der Waals surface area contributed by atoms with E-state index in [0.717, 1.165) is 11.5 Å². The SMILES string of the molecule is Cc1ccc(C(C)(C)CNC(=O)C(C)O)o1. The second-order valence-corrected chi connectivity index (χ2v) is 4.69. The van der Waals surface area contributed by atoms with Gasteiger partial charge in [0.25, 0.3) is 0 Å². The number of amides is 1. The fourth-order valence-electron chi connectivity index (χ4n) is 1.34. The Labute approximate surface area is 95.7 Å². The molecule has 0 aliphatic carbocycles. The smallest absolute Gasteiger partial charge is 0.248 e. The molecule has 1 aromatic rings. The molecule has 0 radical (unpaired) electrons. The number of hydrogen-bond acceptors (Lipinski definition) is 3. The number of aliphatic hydroxyl groups is 1. The van der Waals surface area contributed by atoms with E-state index in [9.17, 15) is 4.79 Å². The van der Waals surface area contributed by atoms with E-state index >= 15 is 0 Å². The third kappa shape index (κ3) is 3.10. The lowest BCUT2D eigenvalue weighted by atomic mass is 9.90. The van der Waals surface area contributed by atoms with Gasteiger partial charge < -0.3 is 14.8 Å². The van der Waals surface area contributed by atoms with E-state index < -0.39 is 6.10 Å². The normalized spacial score (nSPS) is 13.6. The lowest BCUT2D eigenvalue weighted by Gasteiger charge is -2.22. The van der Waals surface area contributed by atoms with Crippen LogP contribution < -0.4 is 5.32 Å². The first-order chi connectivity index (χ1) is 7.33. The average molecular weight is 225 g/mol. The summed E-state index contributed by atoms with van der Waals surface area (Å²) in [4.78, 5) is 11.2. The van der Waals surface area contributed by atoms with Gasteiger partial charge in [-0.3, -0.25) is 4.79 Å². The molecule has 1 rings (SSSR count). The summed E-state index contributed by atoms with van der Waals surface area (Å²) in [6.45, 7) is 7.72. The van der Waals surface area contributed by atoms with Crippen LogP contribution in [-0.2, 0) is 10.2 Å². The van der Waals surface area contributed by atoms with Crippen LogP contribution in [0.1, 0.15) is 32.3 Å². The van der Waals surface area contributed by atoms with Gasteiger partial charge in [0.05, 0.1) is 0 Å². The van der Waals surface area contributed by atoms with Gasteiger partial charge in [0.2, 0.25) is 5.91 Å². The zero-order valence-corrected chi connectivity index (χ0v) is 10.2. The van der Waals surface area contributed by atoms with Crippen molar-refractivity contribution < 1.29 is 14.3 Å². The van der Waals surface area contributed by atoms with Gasteiger partial charge in [0, 0.05) is 12.0 Å². The van der Waals surface area contributed by atoms with Gasteiger partial charge in [-0.15, -0.1) is 0 Å². The highest BCUT2D eigenvalue weighted by Crippen LogP contribution is 2.24. The number of aliphatic hydroxyl groups excluding tert-OH is 1. The summed E-state index contributed by atoms with van der Waals surface area (Å²) in [5, 5.41) is 11.7. The number of nitrogens with one attached hydrogen (secondary N) is 1. The first kappa shape index (κ1) is 12.8. The summed E-state index contributed by atoms with van der Waals surface area (Å²) in [5.41, 5.74) is -0.279. The van der Waals surface area contributed by atoms with Crippen LogP contribution in [0.2, 0.25) is 0 Å². The molecular formula is C12H19NO3. The summed E-state index contributed by atoms with van der Waals surface area (Å²) in [6.07, 6.45) is -0.978. The third-order valence-electron chi connectivity index (χ3n) is 2.49. The summed E-state index contributed by atoms with van der Waals surface area (Å²) in [5.74, 6) is 1.32. The minimum atomic E-state index is -0.978. The van der Waals surface area contributed by atoms with E-state index in [1.807, 2.05) is 32.9 Å². The largest absolute Gasteiger partial charge is 0.466 e. The van der Waals surface area contributed by atoms with Crippen molar-refractivity contribution in [3.8, 4) is 0 Å². The van der Waals surface area contributed by atoms with E-state index in [0.29, 0.717) is 6.54 Å². The first-order valence-corrected chi connectivity index (χ1v) is 5.35. The van der Waals surface area contributed by atoms with Gasteiger partial charge in [0.1, 0.15) is 17.6 Å². The van der Waals surface area contributed by atoms with Crippen molar-refractivity contribution in [2.75, 3.05) is 6.54 Å². The van der Waals surface area contributed by atoms with Crippen molar-refractivity contribution >= 4 is 5.91 Å². The molecule has 2 N–H and O–H groups in total. The van der Waals surface area contributed by atoms with Gasteiger partial charge >= 0.3 is 0 Å². The molecule has 0 saturated carbocycles. The molecule has 4 heteroatoms. The van der Waals surface area contributed by atoms with E-state index in [1.165, 1.54) is 6.92 Å². The van der Waals surface area contributed by atoms with Crippen molar-refractivity contribution in [3.63, 3.8) is 0 Å². The highest BCUT2D eigenvalue weighted by atomic mass is 16.3. The fourth-order valence-corrected chi connectivity index (χ4v) is 1.34.